The highest BCUT2D eigenvalue weighted by Crippen LogP contribution is 2.53. The van der Waals surface area contributed by atoms with Gasteiger partial charge in [-0.3, -0.25) is 14.5 Å². The lowest BCUT2D eigenvalue weighted by molar-refractivity contribution is -0.124. The molecule has 5 nitrogen and oxygen atoms in total. The van der Waals surface area contributed by atoms with Gasteiger partial charge in [0, 0.05) is 55.3 Å². The maximum atomic E-state index is 13.8. The SMILES string of the molecule is C=C/C(=C\C=C/C)C1CCC(N2C[C@@H]3C(C(=O)N[C@@H]4CCN(C(=O)c5cccc(C(F)(F)CF)c5)C4)[C@@H]3C2)CC1. The van der Waals surface area contributed by atoms with Crippen LogP contribution in [0.1, 0.15) is 54.9 Å². The standard InChI is InChI=1S/C32H40F3N3O2/c1-3-5-7-21(4-2)22-10-12-26(13-11-22)38-18-27-28(19-38)29(27)30(39)36-25-14-15-37(17-25)31(40)23-8-6-9-24(16-23)32(34,35)20-33/h3-9,16,22,25-29H,2,10-15,17-20H2,1H3,(H,36,39)/b5-3-,21-7+/t22?,25-,26?,27-,28+,29?/m1/s1. The Morgan fingerprint density at radius 1 is 1.10 bits per heavy atom. The molecule has 40 heavy (non-hydrogen) atoms. The third-order valence-corrected chi connectivity index (χ3v) is 9.45. The number of halogens is 3. The van der Waals surface area contributed by atoms with Crippen molar-refractivity contribution in [1.29, 1.82) is 0 Å². The van der Waals surface area contributed by atoms with Gasteiger partial charge in [0.25, 0.3) is 5.91 Å². The zero-order valence-corrected chi connectivity index (χ0v) is 23.2. The minimum atomic E-state index is -3.62. The number of allylic oxidation sites excluding steroid dienone is 5. The van der Waals surface area contributed by atoms with E-state index in [0.29, 0.717) is 43.3 Å². The summed E-state index contributed by atoms with van der Waals surface area (Å²) in [6.07, 6.45) is 13.6. The molecule has 2 saturated heterocycles. The van der Waals surface area contributed by atoms with Crippen LogP contribution in [0.15, 0.2) is 60.7 Å². The van der Waals surface area contributed by atoms with Crippen molar-refractivity contribution in [3.8, 4) is 0 Å². The molecular weight excluding hydrogens is 515 g/mol. The highest BCUT2D eigenvalue weighted by Gasteiger charge is 2.60. The fraction of sp³-hybridized carbons (Fsp3) is 0.562. The largest absolute Gasteiger partial charge is 0.351 e. The Hall–Kier alpha value is -2.87. The number of amides is 2. The molecule has 0 radical (unpaired) electrons. The molecule has 2 heterocycles. The monoisotopic (exact) mass is 555 g/mol. The van der Waals surface area contributed by atoms with E-state index in [-0.39, 0.29) is 29.3 Å². The Labute approximate surface area is 235 Å². The lowest BCUT2D eigenvalue weighted by Crippen LogP contribution is -2.42. The molecule has 1 N–H and O–H groups in total. The molecule has 0 aromatic heterocycles. The summed E-state index contributed by atoms with van der Waals surface area (Å²) < 4.78 is 40.2. The van der Waals surface area contributed by atoms with Crippen LogP contribution in [0.3, 0.4) is 0 Å². The van der Waals surface area contributed by atoms with Crippen LogP contribution in [0.5, 0.6) is 0 Å². The molecule has 2 saturated carbocycles. The third kappa shape index (κ3) is 5.92. The first kappa shape index (κ1) is 28.7. The van der Waals surface area contributed by atoms with Gasteiger partial charge in [-0.2, -0.15) is 8.78 Å². The number of likely N-dealkylation sites (tertiary alicyclic amines) is 2. The van der Waals surface area contributed by atoms with Crippen LogP contribution >= 0.6 is 0 Å². The van der Waals surface area contributed by atoms with Gasteiger partial charge in [0.1, 0.15) is 0 Å². The fourth-order valence-corrected chi connectivity index (χ4v) is 7.10. The summed E-state index contributed by atoms with van der Waals surface area (Å²) in [6.45, 7) is 6.97. The first-order valence-electron chi connectivity index (χ1n) is 14.6. The van der Waals surface area contributed by atoms with Gasteiger partial charge in [0.15, 0.2) is 6.67 Å². The van der Waals surface area contributed by atoms with E-state index in [1.807, 2.05) is 19.1 Å². The molecule has 2 aliphatic carbocycles. The van der Waals surface area contributed by atoms with Crippen LogP contribution in [-0.4, -0.2) is 66.6 Å². The lowest BCUT2D eigenvalue weighted by atomic mass is 9.80. The second-order valence-electron chi connectivity index (χ2n) is 11.9. The normalized spacial score (nSPS) is 30.9. The van der Waals surface area contributed by atoms with Gasteiger partial charge >= 0.3 is 5.92 Å². The molecular formula is C32H40F3N3O2. The van der Waals surface area contributed by atoms with Gasteiger partial charge in [-0.25, -0.2) is 4.39 Å². The minimum Gasteiger partial charge on any atom is -0.351 e. The number of nitrogens with one attached hydrogen (secondary N) is 1. The molecule has 5 rings (SSSR count). The maximum absolute atomic E-state index is 13.8. The zero-order valence-electron chi connectivity index (χ0n) is 23.2. The number of benzene rings is 1. The smallest absolute Gasteiger partial charge is 0.301 e. The average Bonchev–Trinajstić information content (AvgIpc) is 3.27. The number of hydrogen-bond acceptors (Lipinski definition) is 3. The van der Waals surface area contributed by atoms with E-state index in [9.17, 15) is 22.8 Å². The first-order chi connectivity index (χ1) is 19.2. The van der Waals surface area contributed by atoms with Gasteiger partial charge in [-0.15, -0.1) is 0 Å². The molecule has 1 aromatic rings. The first-order valence-corrected chi connectivity index (χ1v) is 14.6. The fourth-order valence-electron chi connectivity index (χ4n) is 7.10. The van der Waals surface area contributed by atoms with E-state index < -0.39 is 18.2 Å². The van der Waals surface area contributed by atoms with E-state index in [1.54, 1.807) is 4.90 Å². The molecule has 8 heteroatoms. The molecule has 1 unspecified atom stereocenters. The quantitative estimate of drug-likeness (QED) is 0.410. The van der Waals surface area contributed by atoms with Crippen LogP contribution in [-0.2, 0) is 10.7 Å². The number of carbonyl (C=O) groups excluding carboxylic acids is 2. The van der Waals surface area contributed by atoms with Crippen molar-refractivity contribution in [3.63, 3.8) is 0 Å². The Morgan fingerprint density at radius 2 is 1.82 bits per heavy atom. The number of nitrogens with zero attached hydrogens (tertiary/aromatic N) is 2. The van der Waals surface area contributed by atoms with E-state index >= 15 is 0 Å². The van der Waals surface area contributed by atoms with Crippen LogP contribution in [0.2, 0.25) is 0 Å². The van der Waals surface area contributed by atoms with Crippen molar-refractivity contribution >= 4 is 11.8 Å². The Morgan fingerprint density at radius 3 is 2.48 bits per heavy atom. The van der Waals surface area contributed by atoms with Crippen LogP contribution < -0.4 is 5.32 Å². The van der Waals surface area contributed by atoms with E-state index in [2.05, 4.69) is 28.9 Å². The predicted octanol–water partition coefficient (Wildman–Crippen LogP) is 5.50. The van der Waals surface area contributed by atoms with Gasteiger partial charge in [0.05, 0.1) is 0 Å². The molecule has 4 fully saturated rings. The van der Waals surface area contributed by atoms with Crippen molar-refractivity contribution in [2.45, 2.75) is 57.0 Å². The molecule has 0 spiro atoms. The van der Waals surface area contributed by atoms with Crippen LogP contribution in [0, 0.1) is 23.7 Å². The molecule has 4 aliphatic rings. The van der Waals surface area contributed by atoms with Crippen molar-refractivity contribution in [1.82, 2.24) is 15.1 Å². The Bertz CT molecular complexity index is 1160. The second kappa shape index (κ2) is 11.9. The molecule has 1 aromatic carbocycles. The van der Waals surface area contributed by atoms with Crippen molar-refractivity contribution in [3.05, 3.63) is 71.8 Å². The Balaban J connectivity index is 1.06. The number of fused-ring (bicyclic) bond motifs is 1. The van der Waals surface area contributed by atoms with Crippen LogP contribution in [0.4, 0.5) is 13.2 Å². The number of hydrogen-bond donors (Lipinski definition) is 1. The van der Waals surface area contributed by atoms with Gasteiger partial charge in [0.2, 0.25) is 5.91 Å². The van der Waals surface area contributed by atoms with Crippen molar-refractivity contribution in [2.24, 2.45) is 23.7 Å². The highest BCUT2D eigenvalue weighted by molar-refractivity contribution is 5.94. The average molecular weight is 556 g/mol. The number of carbonyl (C=O) groups is 2. The van der Waals surface area contributed by atoms with E-state index in [0.717, 1.165) is 25.2 Å². The second-order valence-corrected chi connectivity index (χ2v) is 11.9. The summed E-state index contributed by atoms with van der Waals surface area (Å²) in [5.74, 6) is -2.46. The molecule has 0 bridgehead atoms. The van der Waals surface area contributed by atoms with Gasteiger partial charge in [-0.05, 0) is 74.5 Å². The predicted molar refractivity (Wildman–Crippen MR) is 150 cm³/mol. The number of rotatable bonds is 9. The summed E-state index contributed by atoms with van der Waals surface area (Å²) in [5.41, 5.74) is 0.935. The topological polar surface area (TPSA) is 52.7 Å². The van der Waals surface area contributed by atoms with Crippen molar-refractivity contribution < 1.29 is 22.8 Å². The van der Waals surface area contributed by atoms with Crippen LogP contribution in [0.25, 0.3) is 0 Å². The molecule has 216 valence electrons. The summed E-state index contributed by atoms with van der Waals surface area (Å²) in [4.78, 5) is 30.1. The Kier molecular flexibility index (Phi) is 8.55. The third-order valence-electron chi connectivity index (χ3n) is 9.45. The maximum Gasteiger partial charge on any atom is 0.301 e. The van der Waals surface area contributed by atoms with Crippen molar-refractivity contribution in [2.75, 3.05) is 32.9 Å². The van der Waals surface area contributed by atoms with Gasteiger partial charge in [-0.1, -0.05) is 43.0 Å². The molecule has 2 amide bonds. The highest BCUT2D eigenvalue weighted by atomic mass is 19.3. The molecule has 2 aliphatic heterocycles. The summed E-state index contributed by atoms with van der Waals surface area (Å²) in [7, 11) is 0. The summed E-state index contributed by atoms with van der Waals surface area (Å²) >= 11 is 0. The lowest BCUT2D eigenvalue weighted by Gasteiger charge is -2.36. The summed E-state index contributed by atoms with van der Waals surface area (Å²) in [6, 6.07) is 5.46. The van der Waals surface area contributed by atoms with E-state index in [4.69, 9.17) is 0 Å². The van der Waals surface area contributed by atoms with E-state index in [1.165, 1.54) is 43.4 Å². The zero-order chi connectivity index (χ0) is 28.4. The number of alkyl halides is 3. The summed E-state index contributed by atoms with van der Waals surface area (Å²) in [5, 5.41) is 3.14. The molecule has 4 atom stereocenters. The van der Waals surface area contributed by atoms with Gasteiger partial charge < -0.3 is 10.2 Å². The number of piperidine rings is 1. The minimum absolute atomic E-state index is 0.0492.